The Morgan fingerprint density at radius 1 is 1.28 bits per heavy atom. The van der Waals surface area contributed by atoms with Crippen LogP contribution in [0.1, 0.15) is 37.8 Å². The Morgan fingerprint density at radius 2 is 1.93 bits per heavy atom. The van der Waals surface area contributed by atoms with Crippen LogP contribution in [0.25, 0.3) is 0 Å². The molecule has 1 aliphatic heterocycles. The maximum absolute atomic E-state index is 13.2. The van der Waals surface area contributed by atoms with Gasteiger partial charge in [0.1, 0.15) is 5.54 Å². The van der Waals surface area contributed by atoms with Crippen molar-refractivity contribution in [2.75, 3.05) is 18.1 Å². The first-order chi connectivity index (χ1) is 13.4. The van der Waals surface area contributed by atoms with E-state index in [1.807, 2.05) is 0 Å². The molecular weight excluding hydrogens is 397 g/mol. The largest absolute Gasteiger partial charge is 0.417 e. The number of halogens is 3. The zero-order valence-electron chi connectivity index (χ0n) is 15.5. The number of benzene rings is 1. The molecule has 1 heterocycles. The molecule has 0 unspecified atom stereocenters. The number of alkyl halides is 3. The number of rotatable bonds is 7. The molecule has 12 heteroatoms. The van der Waals surface area contributed by atoms with E-state index < -0.39 is 39.9 Å². The van der Waals surface area contributed by atoms with E-state index in [0.29, 0.717) is 11.0 Å². The van der Waals surface area contributed by atoms with Crippen LogP contribution >= 0.6 is 0 Å². The lowest BCUT2D eigenvalue weighted by atomic mass is 10.0. The summed E-state index contributed by atoms with van der Waals surface area (Å²) in [7, 11) is 0. The molecule has 9 nitrogen and oxygen atoms in total. The molecule has 0 N–H and O–H groups in total. The van der Waals surface area contributed by atoms with Gasteiger partial charge in [0.2, 0.25) is 0 Å². The molecule has 0 spiro atoms. The van der Waals surface area contributed by atoms with Gasteiger partial charge in [-0.3, -0.25) is 4.79 Å². The second-order valence-corrected chi connectivity index (χ2v) is 6.74. The van der Waals surface area contributed by atoms with Gasteiger partial charge in [0, 0.05) is 6.54 Å². The first kappa shape index (κ1) is 21.9. The summed E-state index contributed by atoms with van der Waals surface area (Å²) in [5, 5.41) is 18.1. The van der Waals surface area contributed by atoms with Gasteiger partial charge in [0.15, 0.2) is 0 Å². The monoisotopic (exact) mass is 414 g/mol. The maximum Gasteiger partial charge on any atom is 0.417 e. The van der Waals surface area contributed by atoms with Crippen LogP contribution in [0.5, 0.6) is 0 Å². The van der Waals surface area contributed by atoms with Gasteiger partial charge < -0.3 is 9.74 Å². The number of anilines is 1. The Bertz CT molecular complexity index is 879. The molecule has 1 aromatic carbocycles. The number of carbonyl (C=O) groups is 2. The minimum atomic E-state index is -4.83. The van der Waals surface area contributed by atoms with Gasteiger partial charge in [-0.1, -0.05) is 0 Å². The highest BCUT2D eigenvalue weighted by Crippen LogP contribution is 2.37. The van der Waals surface area contributed by atoms with Gasteiger partial charge in [-0.15, -0.1) is 10.1 Å². The third kappa shape index (κ3) is 4.39. The van der Waals surface area contributed by atoms with Gasteiger partial charge in [-0.05, 0) is 44.9 Å². The van der Waals surface area contributed by atoms with Crippen molar-refractivity contribution in [1.82, 2.24) is 4.90 Å². The van der Waals surface area contributed by atoms with E-state index >= 15 is 0 Å². The fourth-order valence-electron chi connectivity index (χ4n) is 2.95. The molecule has 29 heavy (non-hydrogen) atoms. The van der Waals surface area contributed by atoms with E-state index in [1.165, 1.54) is 24.8 Å². The van der Waals surface area contributed by atoms with E-state index in [0.717, 1.165) is 12.1 Å². The lowest BCUT2D eigenvalue weighted by Crippen LogP contribution is -2.44. The Morgan fingerprint density at radius 3 is 2.48 bits per heavy atom. The molecule has 0 bridgehead atoms. The number of hydrogen-bond acceptors (Lipinski definition) is 6. The summed E-state index contributed by atoms with van der Waals surface area (Å²) >= 11 is 0. The van der Waals surface area contributed by atoms with Crippen LogP contribution in [0.2, 0.25) is 0 Å². The second-order valence-electron chi connectivity index (χ2n) is 6.74. The van der Waals surface area contributed by atoms with Crippen molar-refractivity contribution in [3.05, 3.63) is 39.4 Å². The van der Waals surface area contributed by atoms with Crippen molar-refractivity contribution in [2.45, 2.75) is 38.4 Å². The van der Waals surface area contributed by atoms with Crippen LogP contribution < -0.4 is 4.90 Å². The van der Waals surface area contributed by atoms with Crippen molar-refractivity contribution >= 4 is 17.6 Å². The van der Waals surface area contributed by atoms with Crippen LogP contribution in [0, 0.1) is 21.4 Å². The van der Waals surface area contributed by atoms with Gasteiger partial charge in [0.25, 0.3) is 11.0 Å². The Balaban J connectivity index is 2.27. The quantitative estimate of drug-likeness (QED) is 0.293. The van der Waals surface area contributed by atoms with E-state index in [-0.39, 0.29) is 31.7 Å². The number of carbonyl (C=O) groups excluding carboxylic acids is 2. The first-order valence-electron chi connectivity index (χ1n) is 8.46. The number of urea groups is 1. The molecule has 1 saturated heterocycles. The fourth-order valence-corrected chi connectivity index (χ4v) is 2.95. The van der Waals surface area contributed by atoms with Crippen LogP contribution in [-0.4, -0.2) is 40.6 Å². The van der Waals surface area contributed by atoms with Crippen molar-refractivity contribution in [3.8, 4) is 6.07 Å². The van der Waals surface area contributed by atoms with E-state index in [9.17, 15) is 32.9 Å². The van der Waals surface area contributed by atoms with Crippen LogP contribution in [0.4, 0.5) is 23.7 Å². The second kappa shape index (κ2) is 7.94. The summed E-state index contributed by atoms with van der Waals surface area (Å²) in [6.45, 7) is 2.78. The van der Waals surface area contributed by atoms with Crippen LogP contribution in [-0.2, 0) is 15.8 Å². The standard InChI is InChI=1S/C17H17F3N4O5/c1-16(2)14(25)23(15(26)22(16)7-3-4-8-29-24(27)28)12-6-5-11(10-21)13(9-12)17(18,19)20/h5-6,9H,3-4,7-8H2,1-2H3. The lowest BCUT2D eigenvalue weighted by molar-refractivity contribution is -0.757. The molecule has 2 rings (SSSR count). The average Bonchev–Trinajstić information content (AvgIpc) is 2.79. The molecular formula is C17H17F3N4O5. The number of unbranched alkanes of at least 4 members (excludes halogenated alkanes) is 1. The number of nitrogens with zero attached hydrogens (tertiary/aromatic N) is 4. The molecule has 0 radical (unpaired) electrons. The highest BCUT2D eigenvalue weighted by Gasteiger charge is 2.51. The highest BCUT2D eigenvalue weighted by molar-refractivity contribution is 6.23. The summed E-state index contributed by atoms with van der Waals surface area (Å²) in [6.07, 6.45) is -4.31. The Kier molecular flexibility index (Phi) is 6.01. The molecule has 156 valence electrons. The van der Waals surface area contributed by atoms with Crippen LogP contribution in [0.3, 0.4) is 0 Å². The molecule has 0 saturated carbocycles. The first-order valence-corrected chi connectivity index (χ1v) is 8.46. The smallest absolute Gasteiger partial charge is 0.314 e. The summed E-state index contributed by atoms with van der Waals surface area (Å²) in [6, 6.07) is 3.23. The number of amides is 3. The summed E-state index contributed by atoms with van der Waals surface area (Å²) in [5.41, 5.74) is -3.49. The molecule has 0 atom stereocenters. The highest BCUT2D eigenvalue weighted by atomic mass is 19.4. The molecule has 0 aromatic heterocycles. The number of nitriles is 1. The maximum atomic E-state index is 13.2. The molecule has 1 fully saturated rings. The Labute approximate surface area is 163 Å². The summed E-state index contributed by atoms with van der Waals surface area (Å²) in [4.78, 5) is 41.6. The Hall–Kier alpha value is -3.36. The summed E-state index contributed by atoms with van der Waals surface area (Å²) < 4.78 is 39.6. The third-order valence-corrected chi connectivity index (χ3v) is 4.48. The zero-order chi connectivity index (χ0) is 22.0. The minimum Gasteiger partial charge on any atom is -0.314 e. The number of imide groups is 1. The predicted molar refractivity (Wildman–Crippen MR) is 92.0 cm³/mol. The van der Waals surface area contributed by atoms with E-state index in [2.05, 4.69) is 4.84 Å². The van der Waals surface area contributed by atoms with Gasteiger partial charge >= 0.3 is 12.2 Å². The SMILES string of the molecule is CC1(C)C(=O)N(c2ccc(C#N)c(C(F)(F)F)c2)C(=O)N1CCCCO[N+](=O)[O-]. The zero-order valence-corrected chi connectivity index (χ0v) is 15.5. The third-order valence-electron chi connectivity index (χ3n) is 4.48. The fraction of sp³-hybridized carbons (Fsp3) is 0.471. The summed E-state index contributed by atoms with van der Waals surface area (Å²) in [5.74, 6) is -0.720. The van der Waals surface area contributed by atoms with Gasteiger partial charge in [-0.25, -0.2) is 9.69 Å². The lowest BCUT2D eigenvalue weighted by Gasteiger charge is -2.27. The minimum absolute atomic E-state index is 0.0531. The van der Waals surface area contributed by atoms with E-state index in [1.54, 1.807) is 0 Å². The molecule has 1 aliphatic rings. The molecule has 3 amide bonds. The predicted octanol–water partition coefficient (Wildman–Crippen LogP) is 3.11. The van der Waals surface area contributed by atoms with Crippen molar-refractivity contribution in [2.24, 2.45) is 0 Å². The van der Waals surface area contributed by atoms with Gasteiger partial charge in [-0.2, -0.15) is 18.4 Å². The molecule has 0 aliphatic carbocycles. The normalized spacial score (nSPS) is 16.1. The topological polar surface area (TPSA) is 117 Å². The van der Waals surface area contributed by atoms with Crippen molar-refractivity contribution in [3.63, 3.8) is 0 Å². The average molecular weight is 414 g/mol. The van der Waals surface area contributed by atoms with Crippen molar-refractivity contribution < 1.29 is 32.7 Å². The number of hydrogen-bond donors (Lipinski definition) is 0. The molecule has 1 aromatic rings. The van der Waals surface area contributed by atoms with Crippen molar-refractivity contribution in [1.29, 1.82) is 5.26 Å². The van der Waals surface area contributed by atoms with Crippen LogP contribution in [0.15, 0.2) is 18.2 Å². The van der Waals surface area contributed by atoms with Gasteiger partial charge in [0.05, 0.1) is 29.5 Å². The van der Waals surface area contributed by atoms with E-state index in [4.69, 9.17) is 5.26 Å².